The van der Waals surface area contributed by atoms with E-state index in [0.717, 1.165) is 81.9 Å². The molecular weight excluding hydrogens is 830 g/mol. The van der Waals surface area contributed by atoms with Crippen LogP contribution in [0.3, 0.4) is 0 Å². The van der Waals surface area contributed by atoms with Crippen molar-refractivity contribution in [2.45, 2.75) is 110 Å². The summed E-state index contributed by atoms with van der Waals surface area (Å²) in [5.41, 5.74) is 3.91. The fourth-order valence-corrected chi connectivity index (χ4v) is 9.54. The number of aromatic nitrogens is 5. The highest BCUT2D eigenvalue weighted by molar-refractivity contribution is 7.15. The Kier molecular flexibility index (Phi) is 14.0. The summed E-state index contributed by atoms with van der Waals surface area (Å²) in [6.45, 7) is 7.27. The van der Waals surface area contributed by atoms with Gasteiger partial charge >= 0.3 is 5.69 Å². The second-order valence-corrected chi connectivity index (χ2v) is 17.8. The molecule has 1 fully saturated rings. The average molecular weight is 882 g/mol. The van der Waals surface area contributed by atoms with E-state index in [1.807, 2.05) is 35.8 Å². The maximum absolute atomic E-state index is 13.4. The van der Waals surface area contributed by atoms with Gasteiger partial charge in [-0.25, -0.2) is 9.36 Å². The van der Waals surface area contributed by atoms with Crippen LogP contribution >= 0.6 is 22.9 Å². The number of hydrogen-bond donors (Lipinski definition) is 3. The third-order valence-electron chi connectivity index (χ3n) is 11.7. The summed E-state index contributed by atoms with van der Waals surface area (Å²) in [5.74, 6) is 0.163. The number of imide groups is 1. The average Bonchev–Trinajstić information content (AvgIpc) is 3.66. The summed E-state index contributed by atoms with van der Waals surface area (Å²) in [6, 6.07) is 11.2. The SMILES string of the molecule is Cc1sc2c(c1C)C(c1ccc(Cl)cc1)=N[C@@H](CC(=O)NCCCCCCCCNC(=O)CCc1ccc3c(=O)n(C4CCCC(=O)NC4=O)c(=O)n(C)c3c1)c1nnc(C)n1-2. The van der Waals surface area contributed by atoms with Crippen LogP contribution in [-0.2, 0) is 32.6 Å². The van der Waals surface area contributed by atoms with Crippen molar-refractivity contribution in [3.63, 3.8) is 0 Å². The molecule has 5 heterocycles. The first-order valence-corrected chi connectivity index (χ1v) is 22.5. The number of fused-ring (bicyclic) bond motifs is 4. The number of aryl methyl sites for hydroxylation is 4. The molecule has 15 nitrogen and oxygen atoms in total. The van der Waals surface area contributed by atoms with Crippen LogP contribution in [0.1, 0.15) is 121 Å². The summed E-state index contributed by atoms with van der Waals surface area (Å²) < 4.78 is 4.32. The molecule has 2 aliphatic rings. The molecule has 2 aliphatic heterocycles. The summed E-state index contributed by atoms with van der Waals surface area (Å²) in [6.07, 6.45) is 7.29. The molecule has 7 rings (SSSR count). The van der Waals surface area contributed by atoms with Crippen LogP contribution in [0.15, 0.2) is 57.0 Å². The molecule has 0 aliphatic carbocycles. The van der Waals surface area contributed by atoms with Crippen molar-refractivity contribution in [2.24, 2.45) is 12.0 Å². The van der Waals surface area contributed by atoms with Crippen molar-refractivity contribution >= 4 is 63.2 Å². The normalized spacial score (nSPS) is 16.2. The monoisotopic (exact) mass is 881 g/mol. The van der Waals surface area contributed by atoms with Gasteiger partial charge in [-0.2, -0.15) is 0 Å². The molecule has 62 heavy (non-hydrogen) atoms. The molecule has 0 bridgehead atoms. The van der Waals surface area contributed by atoms with Crippen molar-refractivity contribution in [1.82, 2.24) is 39.8 Å². The Hall–Kier alpha value is -5.74. The number of carbonyl (C=O) groups excluding carboxylic acids is 4. The number of aliphatic imine (C=N–C) groups is 1. The van der Waals surface area contributed by atoms with E-state index in [9.17, 15) is 28.8 Å². The Morgan fingerprint density at radius 2 is 1.60 bits per heavy atom. The van der Waals surface area contributed by atoms with Crippen LogP contribution in [0.25, 0.3) is 15.9 Å². The molecule has 2 aromatic carbocycles. The maximum Gasteiger partial charge on any atom is 0.331 e. The zero-order chi connectivity index (χ0) is 44.1. The maximum atomic E-state index is 13.4. The topological polar surface area (TPSA) is 191 Å². The molecule has 326 valence electrons. The molecule has 4 amide bonds. The van der Waals surface area contributed by atoms with Gasteiger partial charge in [0.25, 0.3) is 5.56 Å². The van der Waals surface area contributed by atoms with Crippen molar-refractivity contribution in [3.05, 3.63) is 107 Å². The van der Waals surface area contributed by atoms with Crippen molar-refractivity contribution < 1.29 is 19.2 Å². The summed E-state index contributed by atoms with van der Waals surface area (Å²) in [7, 11) is 1.54. The number of amides is 4. The Balaban J connectivity index is 0.819. The molecule has 3 aromatic heterocycles. The smallest absolute Gasteiger partial charge is 0.331 e. The highest BCUT2D eigenvalue weighted by atomic mass is 35.5. The number of unbranched alkanes of at least 4 members (excludes halogenated alkanes) is 5. The minimum absolute atomic E-state index is 0.0773. The molecule has 0 saturated carbocycles. The number of rotatable bonds is 16. The lowest BCUT2D eigenvalue weighted by Gasteiger charge is -2.18. The first-order chi connectivity index (χ1) is 29.8. The molecule has 0 radical (unpaired) electrons. The van der Waals surface area contributed by atoms with Gasteiger partial charge in [0.05, 0.1) is 23.0 Å². The Labute approximate surface area is 368 Å². The van der Waals surface area contributed by atoms with Gasteiger partial charge in [-0.1, -0.05) is 55.5 Å². The molecule has 0 spiro atoms. The van der Waals surface area contributed by atoms with Gasteiger partial charge in [-0.3, -0.25) is 43.4 Å². The van der Waals surface area contributed by atoms with E-state index in [4.69, 9.17) is 16.6 Å². The fourth-order valence-electron chi connectivity index (χ4n) is 8.20. The standard InChI is InChI=1S/C45H52ClN9O6S/c1-26-27(2)62-44-39(26)40(30-16-18-31(46)19-17-30)49-33(41-52-51-28(3)54(41)44)25-38(58)48-23-10-8-6-5-7-9-22-47-36(56)21-15-29-14-20-32-35(24-29)53(4)45(61)55(43(32)60)34-12-11-13-37(57)50-42(34)59/h14,16-20,24,33-34H,5-13,15,21-23,25H2,1-4H3,(H,47,56)(H,48,58)(H,50,57,59)/t33-,34?/m0/s1. The molecule has 2 atom stereocenters. The van der Waals surface area contributed by atoms with E-state index in [1.54, 1.807) is 36.6 Å². The Bertz CT molecular complexity index is 2680. The predicted molar refractivity (Wildman–Crippen MR) is 239 cm³/mol. The second kappa shape index (κ2) is 19.5. The summed E-state index contributed by atoms with van der Waals surface area (Å²) in [4.78, 5) is 83.4. The Morgan fingerprint density at radius 3 is 2.32 bits per heavy atom. The van der Waals surface area contributed by atoms with Crippen LogP contribution < -0.4 is 27.2 Å². The zero-order valence-corrected chi connectivity index (χ0v) is 37.1. The number of nitrogens with one attached hydrogen (secondary N) is 3. The second-order valence-electron chi connectivity index (χ2n) is 16.1. The third kappa shape index (κ3) is 9.65. The first-order valence-electron chi connectivity index (χ1n) is 21.3. The van der Waals surface area contributed by atoms with E-state index < -0.39 is 35.1 Å². The lowest BCUT2D eigenvalue weighted by molar-refractivity contribution is -0.131. The highest BCUT2D eigenvalue weighted by Crippen LogP contribution is 2.39. The molecular formula is C45H52ClN9O6S. The predicted octanol–water partition coefficient (Wildman–Crippen LogP) is 5.78. The van der Waals surface area contributed by atoms with Crippen molar-refractivity contribution in [2.75, 3.05) is 13.1 Å². The van der Waals surface area contributed by atoms with Gasteiger partial charge in [-0.05, 0) is 88.3 Å². The van der Waals surface area contributed by atoms with Gasteiger partial charge in [-0.15, -0.1) is 21.5 Å². The van der Waals surface area contributed by atoms with Crippen LogP contribution in [0.4, 0.5) is 0 Å². The van der Waals surface area contributed by atoms with E-state index in [-0.39, 0.29) is 42.9 Å². The molecule has 5 aromatic rings. The number of nitrogens with zero attached hydrogens (tertiary/aromatic N) is 6. The van der Waals surface area contributed by atoms with Crippen LogP contribution in [-0.4, -0.2) is 66.3 Å². The van der Waals surface area contributed by atoms with Gasteiger partial charge < -0.3 is 10.6 Å². The number of benzene rings is 2. The minimum atomic E-state index is -1.06. The van der Waals surface area contributed by atoms with E-state index >= 15 is 0 Å². The number of carbonyl (C=O) groups is 4. The zero-order valence-electron chi connectivity index (χ0n) is 35.5. The van der Waals surface area contributed by atoms with Gasteiger partial charge in [0.1, 0.15) is 22.9 Å². The third-order valence-corrected chi connectivity index (χ3v) is 13.2. The van der Waals surface area contributed by atoms with Crippen LogP contribution in [0.5, 0.6) is 0 Å². The largest absolute Gasteiger partial charge is 0.356 e. The highest BCUT2D eigenvalue weighted by Gasteiger charge is 2.33. The number of hydrogen-bond acceptors (Lipinski definition) is 10. The number of halogens is 1. The van der Waals surface area contributed by atoms with Gasteiger partial charge in [0.2, 0.25) is 23.6 Å². The van der Waals surface area contributed by atoms with E-state index in [2.05, 4.69) is 40.0 Å². The quantitative estimate of drug-likeness (QED) is 0.0821. The summed E-state index contributed by atoms with van der Waals surface area (Å²) >= 11 is 7.91. The lowest BCUT2D eigenvalue weighted by Crippen LogP contribution is -2.46. The van der Waals surface area contributed by atoms with E-state index in [1.165, 1.54) is 9.44 Å². The van der Waals surface area contributed by atoms with E-state index in [0.29, 0.717) is 42.3 Å². The van der Waals surface area contributed by atoms with Crippen molar-refractivity contribution in [1.29, 1.82) is 0 Å². The molecule has 17 heteroatoms. The van der Waals surface area contributed by atoms with Crippen LogP contribution in [0.2, 0.25) is 5.02 Å². The fraction of sp³-hybridized carbons (Fsp3) is 0.444. The van der Waals surface area contributed by atoms with Gasteiger partial charge in [0, 0.05) is 54.0 Å². The summed E-state index contributed by atoms with van der Waals surface area (Å²) in [5, 5.41) is 19.1. The molecule has 1 saturated heterocycles. The minimum Gasteiger partial charge on any atom is -0.356 e. The molecule has 1 unspecified atom stereocenters. The van der Waals surface area contributed by atoms with Crippen LogP contribution in [0, 0.1) is 20.8 Å². The van der Waals surface area contributed by atoms with Crippen molar-refractivity contribution in [3.8, 4) is 5.00 Å². The Morgan fingerprint density at radius 1 is 0.903 bits per heavy atom. The lowest BCUT2D eigenvalue weighted by atomic mass is 9.99. The first kappa shape index (κ1) is 44.3. The van der Waals surface area contributed by atoms with Gasteiger partial charge in [0.15, 0.2) is 5.82 Å². The molecule has 3 N–H and O–H groups in total. The number of thiophene rings is 1.